The van der Waals surface area contributed by atoms with Crippen LogP contribution in [0.2, 0.25) is 0 Å². The largest absolute Gasteiger partial charge is 0.491 e. The number of rotatable bonds is 15. The summed E-state index contributed by atoms with van der Waals surface area (Å²) in [5.41, 5.74) is 3.90. The molecule has 0 aliphatic heterocycles. The van der Waals surface area contributed by atoms with Gasteiger partial charge in [0.05, 0.1) is 12.2 Å². The highest BCUT2D eigenvalue weighted by Gasteiger charge is 2.28. The molecule has 0 aromatic heterocycles. The number of ether oxygens (including phenoxy) is 3. The molecule has 1 saturated carbocycles. The summed E-state index contributed by atoms with van der Waals surface area (Å²) in [6.45, 7) is 3.52. The first-order chi connectivity index (χ1) is 23.2. The monoisotopic (exact) mass is 671 g/mol. The van der Waals surface area contributed by atoms with Gasteiger partial charge in [-0.25, -0.2) is 13.2 Å². The number of hydrogen-bond acceptors (Lipinski definition) is 8. The maximum Gasteiger partial charge on any atom is 0.338 e. The van der Waals surface area contributed by atoms with E-state index in [9.17, 15) is 18.3 Å². The number of benzene rings is 4. The Morgan fingerprint density at radius 2 is 1.50 bits per heavy atom. The third-order valence-corrected chi connectivity index (χ3v) is 9.89. The van der Waals surface area contributed by atoms with Crippen molar-refractivity contribution in [1.82, 2.24) is 4.90 Å². The van der Waals surface area contributed by atoms with Crippen molar-refractivity contribution in [3.05, 3.63) is 125 Å². The van der Waals surface area contributed by atoms with E-state index >= 15 is 0 Å². The molecule has 0 radical (unpaired) electrons. The molecule has 1 aliphatic rings. The molecule has 5 rings (SSSR count). The Labute approximate surface area is 284 Å². The molecule has 0 saturated heterocycles. The van der Waals surface area contributed by atoms with Crippen LogP contribution in [-0.4, -0.2) is 62.6 Å². The maximum absolute atomic E-state index is 12.6. The van der Waals surface area contributed by atoms with Gasteiger partial charge in [0.25, 0.3) is 0 Å². The van der Waals surface area contributed by atoms with Crippen LogP contribution in [-0.2, 0) is 27.7 Å². The number of nitrogens with zero attached hydrogens (tertiary/aromatic N) is 1. The fourth-order valence-electron chi connectivity index (χ4n) is 6.28. The second kappa shape index (κ2) is 16.8. The number of aliphatic hydroxyl groups excluding tert-OH is 1. The van der Waals surface area contributed by atoms with Gasteiger partial charge in [0, 0.05) is 31.5 Å². The lowest BCUT2D eigenvalue weighted by Crippen LogP contribution is -2.43. The molecule has 1 fully saturated rings. The molecule has 8 nitrogen and oxygen atoms in total. The van der Waals surface area contributed by atoms with Crippen LogP contribution < -0.4 is 9.47 Å². The zero-order valence-electron chi connectivity index (χ0n) is 27.7. The van der Waals surface area contributed by atoms with Crippen molar-refractivity contribution < 1.29 is 32.5 Å². The van der Waals surface area contributed by atoms with Gasteiger partial charge < -0.3 is 19.3 Å². The standard InChI is InChI=1S/C39H45NO7S/c1-3-45-39(42)33-16-14-31(15-17-33)32-18-20-34(21-19-32)40(25-29-10-6-4-7-11-29)26-35(41)28-46-36-22-23-37(38(24-36)48(2,43)44)47-27-30-12-8-5-9-13-30/h4-17,22-24,32,34-35,41H,3,18-21,25-28H2,1-2H3/t32?,34?,35-/m0/s1. The topological polar surface area (TPSA) is 102 Å². The van der Waals surface area contributed by atoms with E-state index in [-0.39, 0.29) is 35.9 Å². The molecule has 4 aromatic rings. The Morgan fingerprint density at radius 3 is 2.12 bits per heavy atom. The quantitative estimate of drug-likeness (QED) is 0.138. The minimum Gasteiger partial charge on any atom is -0.491 e. The average Bonchev–Trinajstić information content (AvgIpc) is 3.10. The summed E-state index contributed by atoms with van der Waals surface area (Å²) in [4.78, 5) is 14.5. The van der Waals surface area contributed by atoms with Crippen LogP contribution in [0.4, 0.5) is 0 Å². The van der Waals surface area contributed by atoms with Crippen LogP contribution in [0.1, 0.15) is 65.6 Å². The van der Waals surface area contributed by atoms with Crippen molar-refractivity contribution in [1.29, 1.82) is 0 Å². The SMILES string of the molecule is CCOC(=O)c1ccc(C2CCC(N(Cc3ccccc3)C[C@H](O)COc3ccc(OCc4ccccc4)c(S(C)(=O)=O)c3)CC2)cc1. The predicted octanol–water partition coefficient (Wildman–Crippen LogP) is 6.81. The molecule has 1 N–H and O–H groups in total. The van der Waals surface area contributed by atoms with Crippen LogP contribution in [0.15, 0.2) is 108 Å². The summed E-state index contributed by atoms with van der Waals surface area (Å²) in [5, 5.41) is 11.2. The average molecular weight is 672 g/mol. The van der Waals surface area contributed by atoms with E-state index in [1.807, 2.05) is 72.8 Å². The first kappa shape index (κ1) is 35.1. The fourth-order valence-corrected chi connectivity index (χ4v) is 7.10. The van der Waals surface area contributed by atoms with Gasteiger partial charge >= 0.3 is 5.97 Å². The van der Waals surface area contributed by atoms with Crippen LogP contribution in [0.3, 0.4) is 0 Å². The highest BCUT2D eigenvalue weighted by atomic mass is 32.2. The lowest BCUT2D eigenvalue weighted by Gasteiger charge is -2.38. The Balaban J connectivity index is 1.20. The van der Waals surface area contributed by atoms with Crippen molar-refractivity contribution in [2.75, 3.05) is 26.0 Å². The van der Waals surface area contributed by atoms with E-state index in [0.717, 1.165) is 37.5 Å². The number of carbonyl (C=O) groups is 1. The van der Waals surface area contributed by atoms with Gasteiger partial charge in [-0.2, -0.15) is 0 Å². The Kier molecular flexibility index (Phi) is 12.3. The summed E-state index contributed by atoms with van der Waals surface area (Å²) in [6.07, 6.45) is 4.32. The van der Waals surface area contributed by atoms with E-state index in [2.05, 4.69) is 17.0 Å². The Bertz CT molecular complexity index is 1700. The van der Waals surface area contributed by atoms with Crippen LogP contribution in [0.25, 0.3) is 0 Å². The first-order valence-corrected chi connectivity index (χ1v) is 18.5. The highest BCUT2D eigenvalue weighted by molar-refractivity contribution is 7.90. The predicted molar refractivity (Wildman–Crippen MR) is 186 cm³/mol. The van der Waals surface area contributed by atoms with Crippen LogP contribution in [0.5, 0.6) is 11.5 Å². The molecule has 0 spiro atoms. The third kappa shape index (κ3) is 9.92. The van der Waals surface area contributed by atoms with Gasteiger partial charge in [-0.05, 0) is 79.5 Å². The van der Waals surface area contributed by atoms with Gasteiger partial charge in [-0.3, -0.25) is 4.90 Å². The summed E-state index contributed by atoms with van der Waals surface area (Å²) < 4.78 is 42.2. The number of carbonyl (C=O) groups excluding carboxylic acids is 1. The smallest absolute Gasteiger partial charge is 0.338 e. The normalized spacial score (nSPS) is 17.1. The molecule has 0 amide bonds. The molecule has 0 heterocycles. The van der Waals surface area contributed by atoms with Gasteiger partial charge in [0.2, 0.25) is 0 Å². The first-order valence-electron chi connectivity index (χ1n) is 16.6. The van der Waals surface area contributed by atoms with Crippen molar-refractivity contribution in [3.8, 4) is 11.5 Å². The highest BCUT2D eigenvalue weighted by Crippen LogP contribution is 2.36. The molecule has 1 atom stereocenters. The van der Waals surface area contributed by atoms with E-state index in [1.165, 1.54) is 17.2 Å². The molecule has 9 heteroatoms. The Morgan fingerprint density at radius 1 is 0.854 bits per heavy atom. The Hall–Kier alpha value is -4.18. The van der Waals surface area contributed by atoms with E-state index in [4.69, 9.17) is 14.2 Å². The van der Waals surface area contributed by atoms with Crippen LogP contribution >= 0.6 is 0 Å². The zero-order chi connectivity index (χ0) is 33.9. The van der Waals surface area contributed by atoms with Crippen molar-refractivity contribution in [3.63, 3.8) is 0 Å². The summed E-state index contributed by atoms with van der Waals surface area (Å²) >= 11 is 0. The third-order valence-electron chi connectivity index (χ3n) is 8.77. The lowest BCUT2D eigenvalue weighted by molar-refractivity contribution is 0.0383. The fraction of sp³-hybridized carbons (Fsp3) is 0.359. The molecule has 48 heavy (non-hydrogen) atoms. The second-order valence-electron chi connectivity index (χ2n) is 12.4. The summed E-state index contributed by atoms with van der Waals surface area (Å²) in [6, 6.07) is 32.6. The second-order valence-corrected chi connectivity index (χ2v) is 14.4. The zero-order valence-corrected chi connectivity index (χ0v) is 28.5. The number of aliphatic hydroxyl groups is 1. The van der Waals surface area contributed by atoms with E-state index in [0.29, 0.717) is 36.9 Å². The number of hydrogen-bond donors (Lipinski definition) is 1. The van der Waals surface area contributed by atoms with Gasteiger partial charge in [0.15, 0.2) is 9.84 Å². The van der Waals surface area contributed by atoms with Crippen molar-refractivity contribution >= 4 is 15.8 Å². The molecule has 254 valence electrons. The molecule has 1 aliphatic carbocycles. The minimum atomic E-state index is -3.60. The molecule has 0 unspecified atom stereocenters. The van der Waals surface area contributed by atoms with Crippen molar-refractivity contribution in [2.45, 2.75) is 68.7 Å². The number of sulfone groups is 1. The van der Waals surface area contributed by atoms with E-state index in [1.54, 1.807) is 19.1 Å². The van der Waals surface area contributed by atoms with Crippen LogP contribution in [0, 0.1) is 0 Å². The van der Waals surface area contributed by atoms with E-state index < -0.39 is 15.9 Å². The molecular formula is C39H45NO7S. The van der Waals surface area contributed by atoms with Crippen molar-refractivity contribution in [2.24, 2.45) is 0 Å². The number of esters is 1. The maximum atomic E-state index is 12.6. The minimum absolute atomic E-state index is 0.0148. The van der Waals surface area contributed by atoms with Gasteiger partial charge in [-0.1, -0.05) is 72.8 Å². The van der Waals surface area contributed by atoms with Gasteiger partial charge in [-0.15, -0.1) is 0 Å². The lowest BCUT2D eigenvalue weighted by atomic mass is 9.81. The molecule has 0 bridgehead atoms. The summed E-state index contributed by atoms with van der Waals surface area (Å²) in [5.74, 6) is 0.722. The molecular weight excluding hydrogens is 626 g/mol. The molecule has 4 aromatic carbocycles. The van der Waals surface area contributed by atoms with Gasteiger partial charge in [0.1, 0.15) is 35.7 Å². The summed E-state index contributed by atoms with van der Waals surface area (Å²) in [7, 11) is -3.60.